The van der Waals surface area contributed by atoms with Crippen LogP contribution in [-0.2, 0) is 13.0 Å². The molecule has 3 rings (SSSR count). The van der Waals surface area contributed by atoms with Gasteiger partial charge in [0.15, 0.2) is 11.5 Å². The smallest absolute Gasteiger partial charge is 0.276 e. The maximum atomic E-state index is 11.9. The predicted octanol–water partition coefficient (Wildman–Crippen LogP) is 4.54. The number of nitrogens with zero attached hydrogens (tertiary/aromatic N) is 2. The number of rotatable bonds is 11. The molecule has 0 amide bonds. The molecule has 1 aromatic carbocycles. The summed E-state index contributed by atoms with van der Waals surface area (Å²) in [5.41, 5.74) is 2.42. The zero-order valence-electron chi connectivity index (χ0n) is 16.7. The molecule has 1 aliphatic rings. The highest BCUT2D eigenvalue weighted by molar-refractivity contribution is 6.01. The maximum Gasteiger partial charge on any atom is 0.276 e. The molecule has 0 unspecified atom stereocenters. The van der Waals surface area contributed by atoms with E-state index in [4.69, 9.17) is 14.2 Å². The number of hydrogen-bond donors (Lipinski definition) is 0. The Morgan fingerprint density at radius 1 is 0.929 bits per heavy atom. The number of ether oxygens (including phenoxy) is 3. The molecule has 0 atom stereocenters. The molecule has 0 radical (unpaired) electrons. The van der Waals surface area contributed by atoms with E-state index in [2.05, 4.69) is 24.0 Å². The number of ketones is 1. The molecule has 0 bridgehead atoms. The van der Waals surface area contributed by atoms with Gasteiger partial charge in [-0.05, 0) is 25.3 Å². The summed E-state index contributed by atoms with van der Waals surface area (Å²) >= 11 is 0. The van der Waals surface area contributed by atoms with Crippen LogP contribution in [-0.4, -0.2) is 29.2 Å². The number of unbranched alkanes of at least 4 members (excludes halogenated alkanes) is 2. The normalized spacial score (nSPS) is 12.7. The summed E-state index contributed by atoms with van der Waals surface area (Å²) in [5.74, 6) is 1.95. The quantitative estimate of drug-likeness (QED) is 0.530. The van der Waals surface area contributed by atoms with Crippen molar-refractivity contribution in [3.8, 4) is 17.4 Å². The van der Waals surface area contributed by atoms with Crippen molar-refractivity contribution in [1.29, 1.82) is 0 Å². The van der Waals surface area contributed by atoms with Gasteiger partial charge in [-0.15, -0.1) is 10.2 Å². The molecule has 28 heavy (non-hydrogen) atoms. The largest absolute Gasteiger partial charge is 0.488 e. The zero-order valence-corrected chi connectivity index (χ0v) is 16.7. The molecular weight excluding hydrogens is 356 g/mol. The Balaban J connectivity index is 1.69. The molecule has 1 heterocycles. The average Bonchev–Trinajstić information content (AvgIpc) is 3.09. The van der Waals surface area contributed by atoms with Crippen LogP contribution in [0.4, 0.5) is 0 Å². The highest BCUT2D eigenvalue weighted by Gasteiger charge is 2.22. The van der Waals surface area contributed by atoms with Crippen molar-refractivity contribution in [2.24, 2.45) is 0 Å². The van der Waals surface area contributed by atoms with E-state index in [-0.39, 0.29) is 12.4 Å². The number of Topliss-reactive ketones (excluding diaryl/α,β-unsaturated/α-hetero) is 1. The fraction of sp³-hybridized carbons (Fsp3) is 0.500. The van der Waals surface area contributed by atoms with E-state index < -0.39 is 0 Å². The van der Waals surface area contributed by atoms with Crippen molar-refractivity contribution >= 4 is 5.78 Å². The van der Waals surface area contributed by atoms with Crippen molar-refractivity contribution in [3.63, 3.8) is 0 Å². The van der Waals surface area contributed by atoms with E-state index in [0.717, 1.165) is 49.0 Å². The van der Waals surface area contributed by atoms with Crippen LogP contribution in [0.2, 0.25) is 0 Å². The second kappa shape index (κ2) is 10.1. The number of fused-ring (bicyclic) bond motifs is 1. The van der Waals surface area contributed by atoms with Crippen LogP contribution < -0.4 is 14.2 Å². The highest BCUT2D eigenvalue weighted by Crippen LogP contribution is 2.31. The van der Waals surface area contributed by atoms with Gasteiger partial charge >= 0.3 is 0 Å². The van der Waals surface area contributed by atoms with Gasteiger partial charge in [-0.1, -0.05) is 38.8 Å². The maximum absolute atomic E-state index is 11.9. The molecule has 0 spiro atoms. The lowest BCUT2D eigenvalue weighted by Gasteiger charge is -2.13. The van der Waals surface area contributed by atoms with Gasteiger partial charge in [0.05, 0.1) is 13.2 Å². The SMILES string of the molecule is CCCCOc1cc(COc2cccc3c2CCC3=O)nnc1OCCCC. The molecule has 6 nitrogen and oxygen atoms in total. The number of carbonyl (C=O) groups is 1. The lowest BCUT2D eigenvalue weighted by Crippen LogP contribution is -2.08. The topological polar surface area (TPSA) is 70.5 Å². The van der Waals surface area contributed by atoms with Gasteiger partial charge in [0.25, 0.3) is 5.88 Å². The Hall–Kier alpha value is -2.63. The Kier molecular flexibility index (Phi) is 7.23. The molecule has 0 N–H and O–H groups in total. The van der Waals surface area contributed by atoms with Crippen molar-refractivity contribution in [1.82, 2.24) is 10.2 Å². The minimum Gasteiger partial charge on any atom is -0.488 e. The van der Waals surface area contributed by atoms with Crippen LogP contribution in [0, 0.1) is 0 Å². The Labute approximate surface area is 166 Å². The summed E-state index contributed by atoms with van der Waals surface area (Å²) in [5, 5.41) is 8.42. The van der Waals surface area contributed by atoms with E-state index in [1.165, 1.54) is 0 Å². The number of carbonyl (C=O) groups excluding carboxylic acids is 1. The molecule has 0 fully saturated rings. The van der Waals surface area contributed by atoms with Crippen molar-refractivity contribution in [2.45, 2.75) is 59.0 Å². The van der Waals surface area contributed by atoms with E-state index in [1.54, 1.807) is 0 Å². The van der Waals surface area contributed by atoms with Crippen LogP contribution in [0.3, 0.4) is 0 Å². The minimum absolute atomic E-state index is 0.181. The second-order valence-corrected chi connectivity index (χ2v) is 6.90. The van der Waals surface area contributed by atoms with Crippen molar-refractivity contribution in [3.05, 3.63) is 41.1 Å². The van der Waals surface area contributed by atoms with Crippen molar-refractivity contribution in [2.75, 3.05) is 13.2 Å². The Bertz CT molecular complexity index is 807. The third-order valence-electron chi connectivity index (χ3n) is 4.68. The first-order valence-electron chi connectivity index (χ1n) is 10.1. The van der Waals surface area contributed by atoms with Gasteiger partial charge in [0.1, 0.15) is 18.1 Å². The van der Waals surface area contributed by atoms with E-state index in [0.29, 0.717) is 37.0 Å². The first-order valence-corrected chi connectivity index (χ1v) is 10.1. The molecule has 0 aliphatic heterocycles. The van der Waals surface area contributed by atoms with Crippen molar-refractivity contribution < 1.29 is 19.0 Å². The molecular formula is C22H28N2O4. The lowest BCUT2D eigenvalue weighted by atomic mass is 10.1. The van der Waals surface area contributed by atoms with E-state index in [9.17, 15) is 4.79 Å². The first kappa shape index (κ1) is 20.1. The molecule has 0 saturated heterocycles. The second-order valence-electron chi connectivity index (χ2n) is 6.90. The van der Waals surface area contributed by atoms with Crippen LogP contribution in [0.5, 0.6) is 17.4 Å². The third kappa shape index (κ3) is 5.00. The summed E-state index contributed by atoms with van der Waals surface area (Å²) in [6, 6.07) is 7.44. The van der Waals surface area contributed by atoms with Gasteiger partial charge < -0.3 is 14.2 Å². The van der Waals surface area contributed by atoms with Gasteiger partial charge in [-0.3, -0.25) is 4.79 Å². The summed E-state index contributed by atoms with van der Waals surface area (Å²) in [7, 11) is 0. The lowest BCUT2D eigenvalue weighted by molar-refractivity contribution is 0.0994. The zero-order chi connectivity index (χ0) is 19.8. The Morgan fingerprint density at radius 2 is 1.71 bits per heavy atom. The first-order chi connectivity index (χ1) is 13.7. The van der Waals surface area contributed by atoms with Gasteiger partial charge in [-0.25, -0.2) is 0 Å². The summed E-state index contributed by atoms with van der Waals surface area (Å²) in [6.45, 7) is 5.70. The third-order valence-corrected chi connectivity index (χ3v) is 4.68. The molecule has 1 aromatic heterocycles. The van der Waals surface area contributed by atoms with Gasteiger partial charge in [0.2, 0.25) is 0 Å². The summed E-state index contributed by atoms with van der Waals surface area (Å²) in [4.78, 5) is 11.9. The monoisotopic (exact) mass is 384 g/mol. The highest BCUT2D eigenvalue weighted by atomic mass is 16.5. The Morgan fingerprint density at radius 3 is 2.50 bits per heavy atom. The van der Waals surface area contributed by atoms with Crippen LogP contribution in [0.1, 0.15) is 67.6 Å². The number of aromatic nitrogens is 2. The molecule has 150 valence electrons. The number of hydrogen-bond acceptors (Lipinski definition) is 6. The predicted molar refractivity (Wildman–Crippen MR) is 106 cm³/mol. The molecule has 2 aromatic rings. The summed E-state index contributed by atoms with van der Waals surface area (Å²) < 4.78 is 17.5. The summed E-state index contributed by atoms with van der Waals surface area (Å²) in [6.07, 6.45) is 5.31. The minimum atomic E-state index is 0.181. The fourth-order valence-corrected chi connectivity index (χ4v) is 3.06. The van der Waals surface area contributed by atoms with Gasteiger partial charge in [0, 0.05) is 23.6 Å². The number of benzene rings is 1. The van der Waals surface area contributed by atoms with Crippen LogP contribution >= 0.6 is 0 Å². The standard InChI is InChI=1S/C22H28N2O4/c1-3-5-12-26-21-14-16(23-24-22(21)27-13-6-4-2)15-28-20-9-7-8-17-18(20)10-11-19(17)25/h7-9,14H,3-6,10-13,15H2,1-2H3. The molecule has 0 saturated carbocycles. The van der Waals surface area contributed by atoms with Gasteiger partial charge in [-0.2, -0.15) is 0 Å². The fourth-order valence-electron chi connectivity index (χ4n) is 3.06. The van der Waals surface area contributed by atoms with Crippen LogP contribution in [0.15, 0.2) is 24.3 Å². The average molecular weight is 384 g/mol. The molecule has 6 heteroatoms. The van der Waals surface area contributed by atoms with Crippen LogP contribution in [0.25, 0.3) is 0 Å². The van der Waals surface area contributed by atoms with E-state index >= 15 is 0 Å². The molecule has 1 aliphatic carbocycles. The van der Waals surface area contributed by atoms with E-state index in [1.807, 2.05) is 24.3 Å².